The van der Waals surface area contributed by atoms with Crippen LogP contribution in [0.3, 0.4) is 0 Å². The third kappa shape index (κ3) is 1.68. The molecule has 0 amide bonds. The maximum absolute atomic E-state index is 4.32. The van der Waals surface area contributed by atoms with Gasteiger partial charge in [-0.25, -0.2) is 4.98 Å². The molecule has 0 aliphatic heterocycles. The Morgan fingerprint density at radius 1 is 1.50 bits per heavy atom. The molecule has 0 atom stereocenters. The van der Waals surface area contributed by atoms with Gasteiger partial charge in [-0.3, -0.25) is 0 Å². The third-order valence-corrected chi connectivity index (χ3v) is 2.12. The molecular formula is C10H18N2. The number of hydrogen-bond acceptors (Lipinski definition) is 1. The van der Waals surface area contributed by atoms with Gasteiger partial charge in [-0.15, -0.1) is 0 Å². The molecule has 0 saturated heterocycles. The largest absolute Gasteiger partial charge is 0.332 e. The van der Waals surface area contributed by atoms with Gasteiger partial charge >= 0.3 is 0 Å². The molecule has 0 aromatic carbocycles. The van der Waals surface area contributed by atoms with Crippen molar-refractivity contribution in [3.8, 4) is 0 Å². The molecule has 0 saturated carbocycles. The average Bonchev–Trinajstić information content (AvgIpc) is 2.34. The van der Waals surface area contributed by atoms with Gasteiger partial charge in [0.05, 0.1) is 0 Å². The Bertz CT molecular complexity index is 248. The molecule has 0 bridgehead atoms. The summed E-state index contributed by atoms with van der Waals surface area (Å²) in [5.41, 5.74) is 1.36. The van der Waals surface area contributed by atoms with E-state index in [2.05, 4.69) is 37.2 Å². The van der Waals surface area contributed by atoms with E-state index < -0.39 is 0 Å². The first-order valence-electron chi connectivity index (χ1n) is 4.68. The van der Waals surface area contributed by atoms with Gasteiger partial charge in [-0.2, -0.15) is 0 Å². The third-order valence-electron chi connectivity index (χ3n) is 2.12. The zero-order valence-electron chi connectivity index (χ0n) is 8.46. The maximum Gasteiger partial charge on any atom is 0.105 e. The molecule has 0 aliphatic rings. The Labute approximate surface area is 74.6 Å². The summed E-state index contributed by atoms with van der Waals surface area (Å²) in [6.45, 7) is 9.79. The van der Waals surface area contributed by atoms with E-state index in [1.807, 2.05) is 6.20 Å². The van der Waals surface area contributed by atoms with Gasteiger partial charge in [-0.05, 0) is 19.3 Å². The zero-order valence-corrected chi connectivity index (χ0v) is 8.46. The summed E-state index contributed by atoms with van der Waals surface area (Å²) >= 11 is 0. The lowest BCUT2D eigenvalue weighted by molar-refractivity contribution is 0.607. The van der Waals surface area contributed by atoms with Crippen molar-refractivity contribution in [2.24, 2.45) is 0 Å². The molecule has 0 radical (unpaired) electrons. The van der Waals surface area contributed by atoms with Crippen molar-refractivity contribution in [2.75, 3.05) is 0 Å². The first-order chi connectivity index (χ1) is 5.66. The SMILES string of the molecule is CCCn1c(C(C)C)cnc1C. The molecule has 2 heteroatoms. The van der Waals surface area contributed by atoms with Crippen molar-refractivity contribution < 1.29 is 0 Å². The number of aromatic nitrogens is 2. The Kier molecular flexibility index (Phi) is 2.90. The number of hydrogen-bond donors (Lipinski definition) is 0. The van der Waals surface area contributed by atoms with Gasteiger partial charge in [0.15, 0.2) is 0 Å². The molecule has 12 heavy (non-hydrogen) atoms. The number of rotatable bonds is 3. The van der Waals surface area contributed by atoms with E-state index in [4.69, 9.17) is 0 Å². The minimum atomic E-state index is 0.581. The van der Waals surface area contributed by atoms with Crippen LogP contribution in [0.1, 0.15) is 44.6 Å². The second kappa shape index (κ2) is 3.74. The van der Waals surface area contributed by atoms with Crippen LogP contribution in [0.4, 0.5) is 0 Å². The fourth-order valence-electron chi connectivity index (χ4n) is 1.46. The summed E-state index contributed by atoms with van der Waals surface area (Å²) in [7, 11) is 0. The quantitative estimate of drug-likeness (QED) is 0.675. The molecule has 0 spiro atoms. The summed E-state index contributed by atoms with van der Waals surface area (Å²) < 4.78 is 2.31. The van der Waals surface area contributed by atoms with E-state index >= 15 is 0 Å². The molecule has 1 aromatic heterocycles. The second-order valence-electron chi connectivity index (χ2n) is 3.54. The molecule has 2 nitrogen and oxygen atoms in total. The minimum absolute atomic E-state index is 0.581. The van der Waals surface area contributed by atoms with E-state index in [0.717, 1.165) is 12.4 Å². The van der Waals surface area contributed by atoms with Gasteiger partial charge in [-0.1, -0.05) is 20.8 Å². The number of nitrogens with zero attached hydrogens (tertiary/aromatic N) is 2. The number of imidazole rings is 1. The average molecular weight is 166 g/mol. The van der Waals surface area contributed by atoms with Gasteiger partial charge in [0.25, 0.3) is 0 Å². The predicted molar refractivity (Wildman–Crippen MR) is 51.3 cm³/mol. The van der Waals surface area contributed by atoms with E-state index in [-0.39, 0.29) is 0 Å². The van der Waals surface area contributed by atoms with E-state index in [1.165, 1.54) is 12.1 Å². The van der Waals surface area contributed by atoms with Gasteiger partial charge < -0.3 is 4.57 Å². The Morgan fingerprint density at radius 3 is 2.67 bits per heavy atom. The summed E-state index contributed by atoms with van der Waals surface area (Å²) in [5, 5.41) is 0. The second-order valence-corrected chi connectivity index (χ2v) is 3.54. The lowest BCUT2D eigenvalue weighted by atomic mass is 10.1. The lowest BCUT2D eigenvalue weighted by Crippen LogP contribution is -2.05. The Hall–Kier alpha value is -0.790. The highest BCUT2D eigenvalue weighted by molar-refractivity contribution is 5.08. The lowest BCUT2D eigenvalue weighted by Gasteiger charge is -2.10. The smallest absolute Gasteiger partial charge is 0.105 e. The highest BCUT2D eigenvalue weighted by Gasteiger charge is 2.08. The monoisotopic (exact) mass is 166 g/mol. The van der Waals surface area contributed by atoms with Gasteiger partial charge in [0, 0.05) is 18.4 Å². The molecule has 1 rings (SSSR count). The molecule has 0 aliphatic carbocycles. The van der Waals surface area contributed by atoms with E-state index in [9.17, 15) is 0 Å². The van der Waals surface area contributed by atoms with E-state index in [1.54, 1.807) is 0 Å². The highest BCUT2D eigenvalue weighted by Crippen LogP contribution is 2.15. The van der Waals surface area contributed by atoms with Crippen LogP contribution < -0.4 is 0 Å². The van der Waals surface area contributed by atoms with Crippen molar-refractivity contribution in [1.29, 1.82) is 0 Å². The van der Waals surface area contributed by atoms with Crippen LogP contribution in [0.25, 0.3) is 0 Å². The molecule has 0 fully saturated rings. The first kappa shape index (κ1) is 9.30. The molecule has 68 valence electrons. The fraction of sp³-hybridized carbons (Fsp3) is 0.700. The van der Waals surface area contributed by atoms with Crippen molar-refractivity contribution in [3.63, 3.8) is 0 Å². The fourth-order valence-corrected chi connectivity index (χ4v) is 1.46. The van der Waals surface area contributed by atoms with Crippen LogP contribution in [0.5, 0.6) is 0 Å². The normalized spacial score (nSPS) is 11.1. The van der Waals surface area contributed by atoms with Crippen LogP contribution >= 0.6 is 0 Å². The Balaban J connectivity index is 2.95. The van der Waals surface area contributed by atoms with Crippen molar-refractivity contribution in [1.82, 2.24) is 9.55 Å². The first-order valence-corrected chi connectivity index (χ1v) is 4.68. The van der Waals surface area contributed by atoms with Gasteiger partial charge in [0.1, 0.15) is 5.82 Å². The minimum Gasteiger partial charge on any atom is -0.332 e. The van der Waals surface area contributed by atoms with Crippen LogP contribution in [-0.2, 0) is 6.54 Å². The molecular weight excluding hydrogens is 148 g/mol. The van der Waals surface area contributed by atoms with Crippen molar-refractivity contribution in [3.05, 3.63) is 17.7 Å². The van der Waals surface area contributed by atoms with Crippen LogP contribution in [0, 0.1) is 6.92 Å². The zero-order chi connectivity index (χ0) is 9.14. The van der Waals surface area contributed by atoms with Crippen LogP contribution in [-0.4, -0.2) is 9.55 Å². The van der Waals surface area contributed by atoms with Crippen LogP contribution in [0.15, 0.2) is 6.20 Å². The summed E-state index contributed by atoms with van der Waals surface area (Å²) in [6, 6.07) is 0. The topological polar surface area (TPSA) is 17.8 Å². The molecule has 1 heterocycles. The Morgan fingerprint density at radius 2 is 2.17 bits per heavy atom. The summed E-state index contributed by atoms with van der Waals surface area (Å²) in [6.07, 6.45) is 3.17. The summed E-state index contributed by atoms with van der Waals surface area (Å²) in [5.74, 6) is 1.72. The van der Waals surface area contributed by atoms with Crippen molar-refractivity contribution >= 4 is 0 Å². The van der Waals surface area contributed by atoms with Crippen LogP contribution in [0.2, 0.25) is 0 Å². The number of aryl methyl sites for hydroxylation is 1. The van der Waals surface area contributed by atoms with Gasteiger partial charge in [0.2, 0.25) is 0 Å². The van der Waals surface area contributed by atoms with Crippen molar-refractivity contribution in [2.45, 2.75) is 46.6 Å². The molecule has 0 N–H and O–H groups in total. The molecule has 1 aromatic rings. The summed E-state index contributed by atoms with van der Waals surface area (Å²) in [4.78, 5) is 4.32. The predicted octanol–water partition coefficient (Wildman–Crippen LogP) is 2.72. The highest BCUT2D eigenvalue weighted by atomic mass is 15.1. The maximum atomic E-state index is 4.32. The van der Waals surface area contributed by atoms with E-state index in [0.29, 0.717) is 5.92 Å². The standard InChI is InChI=1S/C10H18N2/c1-5-6-12-9(4)11-7-10(12)8(2)3/h7-8H,5-6H2,1-4H3. The molecule has 0 unspecified atom stereocenters.